The SMILES string of the molecule is C#Cc1cc(C=O)cc(OCC(C)=CCCC(C)=CC)c1. The first-order valence-electron chi connectivity index (χ1n) is 7.06. The summed E-state index contributed by atoms with van der Waals surface area (Å²) < 4.78 is 5.70. The van der Waals surface area contributed by atoms with E-state index in [2.05, 4.69) is 31.9 Å². The molecule has 0 fully saturated rings. The number of hydrogen-bond acceptors (Lipinski definition) is 2. The van der Waals surface area contributed by atoms with Gasteiger partial charge in [-0.3, -0.25) is 4.79 Å². The molecular weight excluding hydrogens is 260 g/mol. The van der Waals surface area contributed by atoms with E-state index < -0.39 is 0 Å². The number of allylic oxidation sites excluding steroid dienone is 3. The molecule has 0 N–H and O–H groups in total. The van der Waals surface area contributed by atoms with Crippen LogP contribution in [0.1, 0.15) is 49.5 Å². The highest BCUT2D eigenvalue weighted by molar-refractivity contribution is 5.76. The minimum absolute atomic E-state index is 0.501. The summed E-state index contributed by atoms with van der Waals surface area (Å²) in [5.74, 6) is 3.15. The molecule has 0 unspecified atom stereocenters. The van der Waals surface area contributed by atoms with Crippen LogP contribution >= 0.6 is 0 Å². The number of rotatable bonds is 7. The topological polar surface area (TPSA) is 26.3 Å². The Labute approximate surface area is 127 Å². The quantitative estimate of drug-likeness (QED) is 0.416. The van der Waals surface area contributed by atoms with Crippen molar-refractivity contribution in [1.29, 1.82) is 0 Å². The van der Waals surface area contributed by atoms with Gasteiger partial charge < -0.3 is 4.74 Å². The summed E-state index contributed by atoms with van der Waals surface area (Å²) >= 11 is 0. The van der Waals surface area contributed by atoms with E-state index in [-0.39, 0.29) is 0 Å². The summed E-state index contributed by atoms with van der Waals surface area (Å²) in [7, 11) is 0. The Hall–Kier alpha value is -2.27. The van der Waals surface area contributed by atoms with E-state index in [1.54, 1.807) is 18.2 Å². The normalized spacial score (nSPS) is 11.9. The van der Waals surface area contributed by atoms with E-state index in [1.807, 2.05) is 6.92 Å². The van der Waals surface area contributed by atoms with Crippen molar-refractivity contribution in [2.45, 2.75) is 33.6 Å². The van der Waals surface area contributed by atoms with Crippen LogP contribution in [0.5, 0.6) is 5.75 Å². The molecule has 0 bridgehead atoms. The van der Waals surface area contributed by atoms with Crippen molar-refractivity contribution in [1.82, 2.24) is 0 Å². The Morgan fingerprint density at radius 2 is 2.05 bits per heavy atom. The molecule has 2 heteroatoms. The minimum atomic E-state index is 0.501. The van der Waals surface area contributed by atoms with Crippen molar-refractivity contribution < 1.29 is 9.53 Å². The van der Waals surface area contributed by atoms with Crippen molar-refractivity contribution >= 4 is 6.29 Å². The predicted molar refractivity (Wildman–Crippen MR) is 87.7 cm³/mol. The Bertz CT molecular complexity index is 586. The van der Waals surface area contributed by atoms with Gasteiger partial charge in [0.2, 0.25) is 0 Å². The van der Waals surface area contributed by atoms with Gasteiger partial charge in [0.25, 0.3) is 0 Å². The number of ether oxygens (including phenoxy) is 1. The summed E-state index contributed by atoms with van der Waals surface area (Å²) in [5.41, 5.74) is 3.74. The molecular formula is C19H22O2. The first-order chi connectivity index (χ1) is 10.1. The van der Waals surface area contributed by atoms with Gasteiger partial charge in [-0.15, -0.1) is 6.42 Å². The van der Waals surface area contributed by atoms with E-state index in [0.29, 0.717) is 23.5 Å². The van der Waals surface area contributed by atoms with Crippen LogP contribution in [0.2, 0.25) is 0 Å². The average Bonchev–Trinajstić information content (AvgIpc) is 2.52. The monoisotopic (exact) mass is 282 g/mol. The Kier molecular flexibility index (Phi) is 7.04. The highest BCUT2D eigenvalue weighted by Gasteiger charge is 2.01. The van der Waals surface area contributed by atoms with E-state index in [1.165, 1.54) is 5.57 Å². The maximum atomic E-state index is 10.9. The molecule has 0 amide bonds. The van der Waals surface area contributed by atoms with E-state index in [0.717, 1.165) is 24.7 Å². The number of terminal acetylenes is 1. The lowest BCUT2D eigenvalue weighted by Gasteiger charge is -2.08. The lowest BCUT2D eigenvalue weighted by Crippen LogP contribution is -2.00. The van der Waals surface area contributed by atoms with Crippen LogP contribution in [0.25, 0.3) is 0 Å². The molecule has 1 rings (SSSR count). The molecule has 0 spiro atoms. The van der Waals surface area contributed by atoms with Crippen molar-refractivity contribution in [3.8, 4) is 18.1 Å². The molecule has 0 aromatic heterocycles. The molecule has 0 radical (unpaired) electrons. The van der Waals surface area contributed by atoms with Gasteiger partial charge in [0.1, 0.15) is 18.6 Å². The summed E-state index contributed by atoms with van der Waals surface area (Å²) in [6.45, 7) is 6.72. The summed E-state index contributed by atoms with van der Waals surface area (Å²) in [5, 5.41) is 0. The fourth-order valence-electron chi connectivity index (χ4n) is 1.80. The largest absolute Gasteiger partial charge is 0.489 e. The van der Waals surface area contributed by atoms with Crippen LogP contribution in [0.3, 0.4) is 0 Å². The Morgan fingerprint density at radius 3 is 2.67 bits per heavy atom. The third kappa shape index (κ3) is 6.14. The number of aldehydes is 1. The molecule has 0 aliphatic carbocycles. The zero-order valence-electron chi connectivity index (χ0n) is 13.0. The van der Waals surface area contributed by atoms with E-state index >= 15 is 0 Å². The second-order valence-corrected chi connectivity index (χ2v) is 5.07. The number of carbonyl (C=O) groups excluding carboxylic acids is 1. The highest BCUT2D eigenvalue weighted by Crippen LogP contribution is 2.17. The third-order valence-electron chi connectivity index (χ3n) is 3.22. The van der Waals surface area contributed by atoms with Crippen molar-refractivity contribution in [2.75, 3.05) is 6.61 Å². The average molecular weight is 282 g/mol. The van der Waals surface area contributed by atoms with Gasteiger partial charge in [0, 0.05) is 11.1 Å². The molecule has 0 aliphatic rings. The minimum Gasteiger partial charge on any atom is -0.489 e. The first kappa shape index (κ1) is 16.8. The number of carbonyl (C=O) groups is 1. The predicted octanol–water partition coefficient (Wildman–Crippen LogP) is 4.55. The number of hydrogen-bond donors (Lipinski definition) is 0. The second kappa shape index (κ2) is 8.81. The molecule has 0 saturated carbocycles. The zero-order valence-corrected chi connectivity index (χ0v) is 13.0. The van der Waals surface area contributed by atoms with Crippen LogP contribution in [0.4, 0.5) is 0 Å². The summed E-state index contributed by atoms with van der Waals surface area (Å²) in [4.78, 5) is 10.9. The molecule has 0 atom stereocenters. The van der Waals surface area contributed by atoms with E-state index in [9.17, 15) is 4.79 Å². The van der Waals surface area contributed by atoms with Crippen LogP contribution < -0.4 is 4.74 Å². The number of benzene rings is 1. The van der Waals surface area contributed by atoms with Gasteiger partial charge in [0.15, 0.2) is 0 Å². The van der Waals surface area contributed by atoms with Crippen molar-refractivity contribution in [3.05, 3.63) is 52.6 Å². The molecule has 2 nitrogen and oxygen atoms in total. The van der Waals surface area contributed by atoms with Gasteiger partial charge >= 0.3 is 0 Å². The molecule has 0 saturated heterocycles. The maximum Gasteiger partial charge on any atom is 0.150 e. The van der Waals surface area contributed by atoms with Gasteiger partial charge in [-0.05, 0) is 57.4 Å². The Balaban J connectivity index is 2.60. The molecule has 0 aliphatic heterocycles. The van der Waals surface area contributed by atoms with Crippen LogP contribution in [-0.4, -0.2) is 12.9 Å². The molecule has 1 aromatic rings. The standard InChI is InChI=1S/C19H22O2/c1-5-15(3)8-7-9-16(4)14-21-19-11-17(6-2)10-18(12-19)13-20/h2,5,9-13H,7-8,14H2,1,3-4H3. The lowest BCUT2D eigenvalue weighted by atomic mass is 10.1. The maximum absolute atomic E-state index is 10.9. The zero-order chi connectivity index (χ0) is 15.7. The molecule has 1 aromatic carbocycles. The Morgan fingerprint density at radius 1 is 1.29 bits per heavy atom. The smallest absolute Gasteiger partial charge is 0.150 e. The summed E-state index contributed by atoms with van der Waals surface area (Å²) in [6, 6.07) is 5.14. The van der Waals surface area contributed by atoms with Crippen LogP contribution in [0, 0.1) is 12.3 Å². The fraction of sp³-hybridized carbons (Fsp3) is 0.316. The van der Waals surface area contributed by atoms with Crippen LogP contribution in [0.15, 0.2) is 41.5 Å². The van der Waals surface area contributed by atoms with Crippen molar-refractivity contribution in [3.63, 3.8) is 0 Å². The third-order valence-corrected chi connectivity index (χ3v) is 3.22. The van der Waals surface area contributed by atoms with Crippen molar-refractivity contribution in [2.24, 2.45) is 0 Å². The van der Waals surface area contributed by atoms with Gasteiger partial charge in [-0.1, -0.05) is 23.6 Å². The van der Waals surface area contributed by atoms with Gasteiger partial charge in [-0.25, -0.2) is 0 Å². The first-order valence-corrected chi connectivity index (χ1v) is 7.06. The second-order valence-electron chi connectivity index (χ2n) is 5.07. The van der Waals surface area contributed by atoms with E-state index in [4.69, 9.17) is 11.2 Å². The van der Waals surface area contributed by atoms with Gasteiger partial charge in [-0.2, -0.15) is 0 Å². The highest BCUT2D eigenvalue weighted by atomic mass is 16.5. The molecule has 110 valence electrons. The molecule has 21 heavy (non-hydrogen) atoms. The van der Waals surface area contributed by atoms with Crippen LogP contribution in [-0.2, 0) is 0 Å². The van der Waals surface area contributed by atoms with Gasteiger partial charge in [0.05, 0.1) is 0 Å². The molecule has 0 heterocycles. The lowest BCUT2D eigenvalue weighted by molar-refractivity contribution is 0.112. The fourth-order valence-corrected chi connectivity index (χ4v) is 1.80. The summed E-state index contributed by atoms with van der Waals surface area (Å²) in [6.07, 6.45) is 12.5.